The van der Waals surface area contributed by atoms with Crippen LogP contribution in [-0.2, 0) is 12.2 Å². The normalized spacial score (nSPS) is 13.7. The van der Waals surface area contributed by atoms with E-state index >= 15 is 0 Å². The van der Waals surface area contributed by atoms with Gasteiger partial charge < -0.3 is 19.9 Å². The lowest BCUT2D eigenvalue weighted by atomic mass is 9.96. The highest BCUT2D eigenvalue weighted by molar-refractivity contribution is 5.94. The van der Waals surface area contributed by atoms with E-state index in [0.29, 0.717) is 22.5 Å². The first kappa shape index (κ1) is 17.2. The first-order valence-electron chi connectivity index (χ1n) is 7.53. The van der Waals surface area contributed by atoms with Gasteiger partial charge in [0.15, 0.2) is 0 Å². The molecule has 2 aromatic rings. The first-order chi connectivity index (χ1) is 10.7. The summed E-state index contributed by atoms with van der Waals surface area (Å²) in [7, 11) is 0. The number of amides is 1. The Morgan fingerprint density at radius 1 is 1.26 bits per heavy atom. The Balaban J connectivity index is 2.10. The quantitative estimate of drug-likeness (QED) is 0.790. The van der Waals surface area contributed by atoms with Crippen LogP contribution in [0.15, 0.2) is 28.7 Å². The molecule has 1 heterocycles. The molecule has 2 rings (SSSR count). The third kappa shape index (κ3) is 3.81. The maximum atomic E-state index is 12.3. The number of rotatable bonds is 5. The molecule has 1 amide bonds. The number of carbonyl (C=O) groups excluding carboxylic acids is 1. The molecule has 124 valence electrons. The predicted molar refractivity (Wildman–Crippen MR) is 87.2 cm³/mol. The Morgan fingerprint density at radius 3 is 2.52 bits per heavy atom. The first-order valence-corrected chi connectivity index (χ1v) is 7.53. The van der Waals surface area contributed by atoms with Gasteiger partial charge in [0.25, 0.3) is 5.91 Å². The van der Waals surface area contributed by atoms with Crippen molar-refractivity contribution in [2.45, 2.75) is 39.9 Å². The van der Waals surface area contributed by atoms with Crippen LogP contribution in [-0.4, -0.2) is 22.7 Å². The molecule has 1 aromatic carbocycles. The van der Waals surface area contributed by atoms with Crippen LogP contribution in [0.25, 0.3) is 0 Å². The Labute approximate surface area is 136 Å². The van der Waals surface area contributed by atoms with Gasteiger partial charge in [-0.1, -0.05) is 6.07 Å². The van der Waals surface area contributed by atoms with Gasteiger partial charge in [-0.3, -0.25) is 4.79 Å². The van der Waals surface area contributed by atoms with Gasteiger partial charge in [-0.25, -0.2) is 0 Å². The Kier molecular flexibility index (Phi) is 4.92. The summed E-state index contributed by atoms with van der Waals surface area (Å²) >= 11 is 0. The van der Waals surface area contributed by atoms with E-state index in [0.717, 1.165) is 11.3 Å². The molecule has 0 radical (unpaired) electrons. The molecule has 0 saturated carbocycles. The number of aryl methyl sites for hydroxylation is 3. The fraction of sp³-hybridized carbons (Fsp3) is 0.389. The van der Waals surface area contributed by atoms with Gasteiger partial charge in [0.1, 0.15) is 17.1 Å². The van der Waals surface area contributed by atoms with E-state index in [1.165, 1.54) is 0 Å². The van der Waals surface area contributed by atoms with E-state index < -0.39 is 5.60 Å². The third-order valence-electron chi connectivity index (χ3n) is 4.00. The summed E-state index contributed by atoms with van der Waals surface area (Å²) in [5, 5.41) is 22.6. The summed E-state index contributed by atoms with van der Waals surface area (Å²) in [6, 6.07) is 6.93. The van der Waals surface area contributed by atoms with E-state index in [2.05, 4.69) is 5.32 Å². The summed E-state index contributed by atoms with van der Waals surface area (Å²) in [6.07, 6.45) is 0. The molecule has 0 spiro atoms. The highest BCUT2D eigenvalue weighted by atomic mass is 16.3. The van der Waals surface area contributed by atoms with E-state index in [9.17, 15) is 15.0 Å². The van der Waals surface area contributed by atoms with Crippen LogP contribution >= 0.6 is 0 Å². The molecule has 0 aliphatic heterocycles. The number of hydrogen-bond acceptors (Lipinski definition) is 4. The number of nitrogens with one attached hydrogen (secondary N) is 1. The van der Waals surface area contributed by atoms with Gasteiger partial charge in [0.05, 0.1) is 13.2 Å². The minimum Gasteiger partial charge on any atom is -0.466 e. The fourth-order valence-corrected chi connectivity index (χ4v) is 2.60. The molecule has 3 N–H and O–H groups in total. The lowest BCUT2D eigenvalue weighted by Gasteiger charge is -2.23. The van der Waals surface area contributed by atoms with Crippen LogP contribution in [0.1, 0.15) is 45.5 Å². The molecule has 0 fully saturated rings. The summed E-state index contributed by atoms with van der Waals surface area (Å²) in [5.74, 6) is 1.06. The number of carbonyl (C=O) groups is 1. The van der Waals surface area contributed by atoms with Crippen LogP contribution in [0.2, 0.25) is 0 Å². The number of aliphatic hydroxyl groups excluding tert-OH is 1. The van der Waals surface area contributed by atoms with Crippen molar-refractivity contribution >= 4 is 5.91 Å². The standard InChI is InChI=1S/C18H23NO4/c1-11-5-6-14(8-15(11)9-20)17(21)19-10-18(4,22)16-7-12(2)23-13(16)3/h5-8,20,22H,9-10H2,1-4H3,(H,19,21)/t18-/m0/s1. The van der Waals surface area contributed by atoms with Crippen LogP contribution in [0, 0.1) is 20.8 Å². The molecule has 5 heteroatoms. The van der Waals surface area contributed by atoms with Crippen LogP contribution in [0.5, 0.6) is 0 Å². The minimum absolute atomic E-state index is 0.0635. The number of benzene rings is 1. The van der Waals surface area contributed by atoms with Gasteiger partial charge in [-0.05, 0) is 57.0 Å². The predicted octanol–water partition coefficient (Wildman–Crippen LogP) is 2.33. The molecule has 0 aliphatic rings. The third-order valence-corrected chi connectivity index (χ3v) is 4.00. The minimum atomic E-state index is -1.22. The number of furan rings is 1. The fourth-order valence-electron chi connectivity index (χ4n) is 2.60. The smallest absolute Gasteiger partial charge is 0.251 e. The second kappa shape index (κ2) is 6.56. The maximum absolute atomic E-state index is 12.3. The Bertz CT molecular complexity index is 716. The average Bonchev–Trinajstić information content (AvgIpc) is 2.85. The van der Waals surface area contributed by atoms with E-state index in [1.807, 2.05) is 13.8 Å². The molecular weight excluding hydrogens is 294 g/mol. The molecule has 0 saturated heterocycles. The topological polar surface area (TPSA) is 82.7 Å². The van der Waals surface area contributed by atoms with Crippen molar-refractivity contribution in [1.29, 1.82) is 0 Å². The molecule has 5 nitrogen and oxygen atoms in total. The molecule has 0 aliphatic carbocycles. The van der Waals surface area contributed by atoms with Gasteiger partial charge in [-0.15, -0.1) is 0 Å². The number of aliphatic hydroxyl groups is 2. The van der Waals surface area contributed by atoms with Crippen molar-refractivity contribution in [1.82, 2.24) is 5.32 Å². The monoisotopic (exact) mass is 317 g/mol. The van der Waals surface area contributed by atoms with Crippen LogP contribution in [0.3, 0.4) is 0 Å². The Hall–Kier alpha value is -2.11. The lowest BCUT2D eigenvalue weighted by Crippen LogP contribution is -2.38. The Morgan fingerprint density at radius 2 is 1.96 bits per heavy atom. The summed E-state index contributed by atoms with van der Waals surface area (Å²) < 4.78 is 5.44. The zero-order valence-corrected chi connectivity index (χ0v) is 13.9. The van der Waals surface area contributed by atoms with Crippen molar-refractivity contribution in [3.05, 3.63) is 58.0 Å². The largest absolute Gasteiger partial charge is 0.466 e. The second-order valence-corrected chi connectivity index (χ2v) is 6.08. The van der Waals surface area contributed by atoms with Crippen molar-refractivity contribution in [3.8, 4) is 0 Å². The summed E-state index contributed by atoms with van der Waals surface area (Å²) in [6.45, 7) is 7.06. The second-order valence-electron chi connectivity index (χ2n) is 6.08. The van der Waals surface area contributed by atoms with Crippen molar-refractivity contribution in [2.75, 3.05) is 6.54 Å². The zero-order chi connectivity index (χ0) is 17.2. The zero-order valence-electron chi connectivity index (χ0n) is 13.9. The van der Waals surface area contributed by atoms with Crippen molar-refractivity contribution in [2.24, 2.45) is 0 Å². The lowest BCUT2D eigenvalue weighted by molar-refractivity contribution is 0.0514. The van der Waals surface area contributed by atoms with Gasteiger partial charge in [-0.2, -0.15) is 0 Å². The van der Waals surface area contributed by atoms with Gasteiger partial charge >= 0.3 is 0 Å². The average molecular weight is 317 g/mol. The highest BCUT2D eigenvalue weighted by Crippen LogP contribution is 2.26. The SMILES string of the molecule is Cc1cc([C@@](C)(O)CNC(=O)c2ccc(C)c(CO)c2)c(C)o1. The molecular formula is C18H23NO4. The van der Waals surface area contributed by atoms with Crippen molar-refractivity contribution < 1.29 is 19.4 Å². The van der Waals surface area contributed by atoms with Gasteiger partial charge in [0, 0.05) is 11.1 Å². The van der Waals surface area contributed by atoms with E-state index in [1.54, 1.807) is 38.1 Å². The molecule has 1 atom stereocenters. The maximum Gasteiger partial charge on any atom is 0.251 e. The van der Waals surface area contributed by atoms with Gasteiger partial charge in [0.2, 0.25) is 0 Å². The highest BCUT2D eigenvalue weighted by Gasteiger charge is 2.28. The van der Waals surface area contributed by atoms with E-state index in [4.69, 9.17) is 4.42 Å². The van der Waals surface area contributed by atoms with E-state index in [-0.39, 0.29) is 19.1 Å². The summed E-state index contributed by atoms with van der Waals surface area (Å²) in [4.78, 5) is 12.3. The van der Waals surface area contributed by atoms with Crippen molar-refractivity contribution in [3.63, 3.8) is 0 Å². The number of hydrogen-bond donors (Lipinski definition) is 3. The molecule has 1 aromatic heterocycles. The van der Waals surface area contributed by atoms with Crippen LogP contribution in [0.4, 0.5) is 0 Å². The molecule has 0 bridgehead atoms. The molecule has 0 unspecified atom stereocenters. The van der Waals surface area contributed by atoms with Crippen LogP contribution < -0.4 is 5.32 Å². The molecule has 23 heavy (non-hydrogen) atoms. The summed E-state index contributed by atoms with van der Waals surface area (Å²) in [5.41, 5.74) is 1.54.